The fourth-order valence-electron chi connectivity index (χ4n) is 2.19. The summed E-state index contributed by atoms with van der Waals surface area (Å²) in [5.74, 6) is 0.531. The Kier molecular flexibility index (Phi) is 4.93. The second kappa shape index (κ2) is 6.32. The number of nitrogens with zero attached hydrogens (tertiary/aromatic N) is 3. The summed E-state index contributed by atoms with van der Waals surface area (Å²) in [6, 6.07) is 0. The Morgan fingerprint density at radius 2 is 2.15 bits per heavy atom. The van der Waals surface area contributed by atoms with E-state index in [1.54, 1.807) is 0 Å². The molecule has 0 radical (unpaired) electrons. The van der Waals surface area contributed by atoms with Crippen LogP contribution >= 0.6 is 23.2 Å². The van der Waals surface area contributed by atoms with E-state index in [9.17, 15) is 13.2 Å². The Hall–Kier alpha value is -0.790. The first-order chi connectivity index (χ1) is 9.33. The van der Waals surface area contributed by atoms with Crippen LogP contribution < -0.4 is 5.32 Å². The third-order valence-electron chi connectivity index (χ3n) is 3.05. The van der Waals surface area contributed by atoms with Crippen LogP contribution in [0.3, 0.4) is 0 Å². The van der Waals surface area contributed by atoms with Crippen LogP contribution in [0.4, 0.5) is 19.0 Å². The molecule has 0 bridgehead atoms. The van der Waals surface area contributed by atoms with Crippen molar-refractivity contribution in [2.45, 2.75) is 12.6 Å². The van der Waals surface area contributed by atoms with E-state index >= 15 is 0 Å². The quantitative estimate of drug-likeness (QED) is 0.862. The lowest BCUT2D eigenvalue weighted by molar-refractivity contribution is -0.143. The van der Waals surface area contributed by atoms with Gasteiger partial charge in [-0.3, -0.25) is 4.90 Å². The van der Waals surface area contributed by atoms with Gasteiger partial charge in [-0.1, -0.05) is 11.6 Å². The number of alkyl halides is 3. The molecule has 20 heavy (non-hydrogen) atoms. The van der Waals surface area contributed by atoms with E-state index in [-0.39, 0.29) is 11.2 Å². The lowest BCUT2D eigenvalue weighted by Crippen LogP contribution is -2.33. The molecule has 0 aromatic carbocycles. The predicted molar refractivity (Wildman–Crippen MR) is 71.1 cm³/mol. The van der Waals surface area contributed by atoms with Gasteiger partial charge < -0.3 is 5.32 Å². The second-order valence-electron chi connectivity index (χ2n) is 4.72. The maximum atomic E-state index is 12.3. The summed E-state index contributed by atoms with van der Waals surface area (Å²) in [7, 11) is 0. The smallest absolute Gasteiger partial charge is 0.368 e. The Morgan fingerprint density at radius 1 is 1.40 bits per heavy atom. The molecule has 1 aromatic rings. The number of hydrogen-bond acceptors (Lipinski definition) is 4. The molecule has 1 aliphatic heterocycles. The highest BCUT2D eigenvalue weighted by Crippen LogP contribution is 2.24. The summed E-state index contributed by atoms with van der Waals surface area (Å²) >= 11 is 11.5. The van der Waals surface area contributed by atoms with E-state index in [4.69, 9.17) is 23.2 Å². The fourth-order valence-corrected chi connectivity index (χ4v) is 2.48. The van der Waals surface area contributed by atoms with Gasteiger partial charge in [-0.25, -0.2) is 4.98 Å². The summed E-state index contributed by atoms with van der Waals surface area (Å²) in [6.45, 7) is 0.498. The molecule has 0 saturated carbocycles. The molecule has 1 unspecified atom stereocenters. The number of likely N-dealkylation sites (tertiary alicyclic amines) is 1. The van der Waals surface area contributed by atoms with Gasteiger partial charge in [0.25, 0.3) is 0 Å². The van der Waals surface area contributed by atoms with Gasteiger partial charge in [0.05, 0.1) is 12.7 Å². The van der Waals surface area contributed by atoms with Crippen molar-refractivity contribution in [3.8, 4) is 0 Å². The van der Waals surface area contributed by atoms with Crippen molar-refractivity contribution in [2.75, 3.05) is 31.5 Å². The molecule has 112 valence electrons. The molecular formula is C11H13Cl2F3N4. The highest BCUT2D eigenvalue weighted by molar-refractivity contribution is 6.33. The van der Waals surface area contributed by atoms with Gasteiger partial charge in [0, 0.05) is 13.1 Å². The normalized spacial score (nSPS) is 20.4. The number of nitrogens with one attached hydrogen (secondary N) is 1. The van der Waals surface area contributed by atoms with Crippen molar-refractivity contribution in [2.24, 2.45) is 5.92 Å². The molecule has 1 fully saturated rings. The fraction of sp³-hybridized carbons (Fsp3) is 0.636. The minimum Gasteiger partial charge on any atom is -0.368 e. The van der Waals surface area contributed by atoms with Crippen LogP contribution in [0.15, 0.2) is 6.20 Å². The van der Waals surface area contributed by atoms with Crippen molar-refractivity contribution in [3.63, 3.8) is 0 Å². The molecule has 9 heteroatoms. The van der Waals surface area contributed by atoms with Gasteiger partial charge in [0.15, 0.2) is 0 Å². The summed E-state index contributed by atoms with van der Waals surface area (Å²) in [5.41, 5.74) is 0. The molecule has 2 heterocycles. The average Bonchev–Trinajstić information content (AvgIpc) is 2.75. The maximum absolute atomic E-state index is 12.3. The van der Waals surface area contributed by atoms with Crippen molar-refractivity contribution in [1.82, 2.24) is 14.9 Å². The van der Waals surface area contributed by atoms with E-state index in [1.165, 1.54) is 11.1 Å². The lowest BCUT2D eigenvalue weighted by atomic mass is 10.1. The number of rotatable bonds is 4. The number of anilines is 1. The van der Waals surface area contributed by atoms with Gasteiger partial charge in [-0.15, -0.1) is 0 Å². The van der Waals surface area contributed by atoms with Crippen molar-refractivity contribution >= 4 is 29.0 Å². The van der Waals surface area contributed by atoms with E-state index in [0.717, 1.165) is 0 Å². The van der Waals surface area contributed by atoms with Crippen LogP contribution in [0.5, 0.6) is 0 Å². The first-order valence-corrected chi connectivity index (χ1v) is 6.80. The standard InChI is InChI=1S/C11H13Cl2F3N4/c12-8-4-18-10(13)19-9(8)17-3-7-1-2-20(5-7)6-11(14,15)16/h4,7H,1-3,5-6H2,(H,17,18,19). The Morgan fingerprint density at radius 3 is 2.85 bits per heavy atom. The molecular weight excluding hydrogens is 316 g/mol. The number of hydrogen-bond donors (Lipinski definition) is 1. The van der Waals surface area contributed by atoms with E-state index in [1.807, 2.05) is 0 Å². The van der Waals surface area contributed by atoms with Crippen LogP contribution in [0.25, 0.3) is 0 Å². The maximum Gasteiger partial charge on any atom is 0.401 e. The van der Waals surface area contributed by atoms with Gasteiger partial charge in [-0.2, -0.15) is 18.2 Å². The lowest BCUT2D eigenvalue weighted by Gasteiger charge is -2.18. The largest absolute Gasteiger partial charge is 0.401 e. The average molecular weight is 329 g/mol. The SMILES string of the molecule is FC(F)(F)CN1CCC(CNc2nc(Cl)ncc2Cl)C1. The monoisotopic (exact) mass is 328 g/mol. The first-order valence-electron chi connectivity index (χ1n) is 6.04. The summed E-state index contributed by atoms with van der Waals surface area (Å²) in [5, 5.41) is 3.41. The molecule has 1 aliphatic rings. The van der Waals surface area contributed by atoms with E-state index < -0.39 is 12.7 Å². The van der Waals surface area contributed by atoms with Gasteiger partial charge >= 0.3 is 6.18 Å². The zero-order chi connectivity index (χ0) is 14.8. The molecule has 0 aliphatic carbocycles. The zero-order valence-electron chi connectivity index (χ0n) is 10.4. The number of halogens is 5. The topological polar surface area (TPSA) is 41.0 Å². The van der Waals surface area contributed by atoms with E-state index in [2.05, 4.69) is 15.3 Å². The molecule has 0 spiro atoms. The van der Waals surface area contributed by atoms with Gasteiger partial charge in [0.2, 0.25) is 5.28 Å². The van der Waals surface area contributed by atoms with Crippen LogP contribution in [-0.2, 0) is 0 Å². The molecule has 1 saturated heterocycles. The third-order valence-corrected chi connectivity index (χ3v) is 3.50. The number of aromatic nitrogens is 2. The second-order valence-corrected chi connectivity index (χ2v) is 5.47. The molecule has 4 nitrogen and oxygen atoms in total. The molecule has 1 aromatic heterocycles. The Bertz CT molecular complexity index is 469. The van der Waals surface area contributed by atoms with E-state index in [0.29, 0.717) is 36.9 Å². The summed E-state index contributed by atoms with van der Waals surface area (Å²) in [6.07, 6.45) is -2.06. The third kappa shape index (κ3) is 4.64. The minimum absolute atomic E-state index is 0.0713. The Balaban J connectivity index is 1.82. The summed E-state index contributed by atoms with van der Waals surface area (Å²) < 4.78 is 36.8. The molecule has 0 amide bonds. The minimum atomic E-state index is -4.15. The van der Waals surface area contributed by atoms with Gasteiger partial charge in [0.1, 0.15) is 10.8 Å². The molecule has 2 rings (SSSR count). The molecule has 1 N–H and O–H groups in total. The molecule has 1 atom stereocenters. The predicted octanol–water partition coefficient (Wildman–Crippen LogP) is 3.08. The highest BCUT2D eigenvalue weighted by Gasteiger charge is 2.34. The highest BCUT2D eigenvalue weighted by atomic mass is 35.5. The van der Waals surface area contributed by atoms with Crippen LogP contribution in [0.2, 0.25) is 10.3 Å². The van der Waals surface area contributed by atoms with Crippen LogP contribution in [0.1, 0.15) is 6.42 Å². The first kappa shape index (κ1) is 15.6. The van der Waals surface area contributed by atoms with Crippen molar-refractivity contribution in [3.05, 3.63) is 16.5 Å². The zero-order valence-corrected chi connectivity index (χ0v) is 11.9. The van der Waals surface area contributed by atoms with Crippen LogP contribution in [-0.4, -0.2) is 47.2 Å². The van der Waals surface area contributed by atoms with Crippen LogP contribution in [0, 0.1) is 5.92 Å². The van der Waals surface area contributed by atoms with Gasteiger partial charge in [-0.05, 0) is 30.5 Å². The van der Waals surface area contributed by atoms with Crippen molar-refractivity contribution < 1.29 is 13.2 Å². The van der Waals surface area contributed by atoms with Crippen molar-refractivity contribution in [1.29, 1.82) is 0 Å². The Labute approximate surface area is 124 Å². The summed E-state index contributed by atoms with van der Waals surface area (Å²) in [4.78, 5) is 9.05.